The van der Waals surface area contributed by atoms with Gasteiger partial charge in [-0.3, -0.25) is 0 Å². The summed E-state index contributed by atoms with van der Waals surface area (Å²) < 4.78 is 13.7. The molecule has 2 N–H and O–H groups in total. The van der Waals surface area contributed by atoms with Gasteiger partial charge in [-0.15, -0.1) is 0 Å². The third-order valence-electron chi connectivity index (χ3n) is 2.58. The van der Waals surface area contributed by atoms with Crippen LogP contribution in [0.25, 0.3) is 0 Å². The number of hydrogen-bond donors (Lipinski definition) is 2. The maximum atomic E-state index is 13.3. The van der Waals surface area contributed by atoms with E-state index in [9.17, 15) is 4.39 Å². The van der Waals surface area contributed by atoms with Gasteiger partial charge in [0, 0.05) is 13.1 Å². The van der Waals surface area contributed by atoms with E-state index in [-0.39, 0.29) is 11.6 Å². The van der Waals surface area contributed by atoms with Crippen molar-refractivity contribution in [1.82, 2.24) is 5.32 Å². The number of hydrogen-bond acceptors (Lipinski definition) is 2. The fourth-order valence-corrected chi connectivity index (χ4v) is 1.86. The molecule has 0 aliphatic carbocycles. The van der Waals surface area contributed by atoms with Crippen LogP contribution in [0.1, 0.15) is 11.1 Å². The highest BCUT2D eigenvalue weighted by atomic mass is 79.9. The lowest BCUT2D eigenvalue weighted by atomic mass is 10.2. The first-order valence-corrected chi connectivity index (χ1v) is 6.37. The van der Waals surface area contributed by atoms with E-state index in [0.29, 0.717) is 17.6 Å². The average molecular weight is 310 g/mol. The van der Waals surface area contributed by atoms with Crippen molar-refractivity contribution >= 4 is 15.9 Å². The molecule has 0 saturated carbocycles. The maximum absolute atomic E-state index is 13.3. The Hall–Kier alpha value is -1.39. The van der Waals surface area contributed by atoms with Crippen molar-refractivity contribution in [3.8, 4) is 5.75 Å². The van der Waals surface area contributed by atoms with Crippen LogP contribution in [-0.4, -0.2) is 5.11 Å². The summed E-state index contributed by atoms with van der Waals surface area (Å²) in [5.41, 5.74) is 1.97. The van der Waals surface area contributed by atoms with Crippen molar-refractivity contribution in [2.24, 2.45) is 0 Å². The van der Waals surface area contributed by atoms with Gasteiger partial charge in [-0.2, -0.15) is 0 Å². The molecule has 0 aliphatic heterocycles. The number of halogens is 2. The van der Waals surface area contributed by atoms with Crippen LogP contribution in [0.15, 0.2) is 46.9 Å². The molecule has 0 unspecified atom stereocenters. The van der Waals surface area contributed by atoms with Crippen LogP contribution < -0.4 is 5.32 Å². The summed E-state index contributed by atoms with van der Waals surface area (Å²) in [5, 5.41) is 12.4. The molecule has 2 aromatic carbocycles. The predicted octanol–water partition coefficient (Wildman–Crippen LogP) is 3.58. The number of nitrogens with one attached hydrogen (secondary N) is 1. The first kappa shape index (κ1) is 13.1. The monoisotopic (exact) mass is 309 g/mol. The second-order valence-electron chi connectivity index (χ2n) is 4.02. The van der Waals surface area contributed by atoms with E-state index >= 15 is 0 Å². The van der Waals surface area contributed by atoms with Gasteiger partial charge in [0.2, 0.25) is 0 Å². The van der Waals surface area contributed by atoms with E-state index in [1.165, 1.54) is 6.07 Å². The van der Waals surface area contributed by atoms with Gasteiger partial charge >= 0.3 is 0 Å². The summed E-state index contributed by atoms with van der Waals surface area (Å²) >= 11 is 3.12. The zero-order chi connectivity index (χ0) is 13.0. The Morgan fingerprint density at radius 3 is 2.28 bits per heavy atom. The Kier molecular flexibility index (Phi) is 4.33. The highest BCUT2D eigenvalue weighted by Gasteiger charge is 2.00. The van der Waals surface area contributed by atoms with Gasteiger partial charge in [-0.1, -0.05) is 18.2 Å². The fraction of sp³-hybridized carbons (Fsp3) is 0.143. The van der Waals surface area contributed by atoms with E-state index in [1.807, 2.05) is 18.2 Å². The third kappa shape index (κ3) is 3.55. The van der Waals surface area contributed by atoms with Crippen molar-refractivity contribution < 1.29 is 9.50 Å². The van der Waals surface area contributed by atoms with Crippen LogP contribution in [0.3, 0.4) is 0 Å². The van der Waals surface area contributed by atoms with Gasteiger partial charge in [0.1, 0.15) is 11.6 Å². The topological polar surface area (TPSA) is 32.3 Å². The molecule has 0 aliphatic rings. The molecule has 2 aromatic rings. The Bertz CT molecular complexity index is 528. The Morgan fingerprint density at radius 1 is 1.00 bits per heavy atom. The van der Waals surface area contributed by atoms with E-state index in [1.54, 1.807) is 18.2 Å². The van der Waals surface area contributed by atoms with Crippen molar-refractivity contribution in [3.63, 3.8) is 0 Å². The molecule has 0 aromatic heterocycles. The largest absolute Gasteiger partial charge is 0.508 e. The van der Waals surface area contributed by atoms with Crippen molar-refractivity contribution in [1.29, 1.82) is 0 Å². The summed E-state index contributed by atoms with van der Waals surface area (Å²) in [7, 11) is 0. The normalized spacial score (nSPS) is 10.6. The second-order valence-corrected chi connectivity index (χ2v) is 4.87. The van der Waals surface area contributed by atoms with Crippen LogP contribution in [0.4, 0.5) is 4.39 Å². The Morgan fingerprint density at radius 2 is 1.61 bits per heavy atom. The molecule has 0 amide bonds. The van der Waals surface area contributed by atoms with Crippen LogP contribution in [0.2, 0.25) is 0 Å². The molecule has 18 heavy (non-hydrogen) atoms. The Balaban J connectivity index is 1.88. The van der Waals surface area contributed by atoms with Gasteiger partial charge in [-0.25, -0.2) is 4.39 Å². The molecule has 2 nitrogen and oxygen atoms in total. The van der Waals surface area contributed by atoms with Crippen LogP contribution >= 0.6 is 15.9 Å². The molecule has 0 heterocycles. The lowest BCUT2D eigenvalue weighted by Gasteiger charge is -2.06. The lowest BCUT2D eigenvalue weighted by Crippen LogP contribution is -2.12. The van der Waals surface area contributed by atoms with E-state index in [4.69, 9.17) is 5.11 Å². The van der Waals surface area contributed by atoms with Crippen molar-refractivity contribution in [2.45, 2.75) is 13.1 Å². The third-order valence-corrected chi connectivity index (χ3v) is 3.22. The minimum absolute atomic E-state index is 0.251. The highest BCUT2D eigenvalue weighted by molar-refractivity contribution is 9.10. The van der Waals surface area contributed by atoms with Crippen molar-refractivity contribution in [3.05, 3.63) is 63.9 Å². The molecule has 0 bridgehead atoms. The zero-order valence-electron chi connectivity index (χ0n) is 9.66. The van der Waals surface area contributed by atoms with E-state index in [0.717, 1.165) is 11.1 Å². The first-order chi connectivity index (χ1) is 8.65. The summed E-state index contributed by atoms with van der Waals surface area (Å²) in [6.07, 6.45) is 0. The number of phenols is 1. The summed E-state index contributed by atoms with van der Waals surface area (Å²) in [6.45, 7) is 1.28. The molecular weight excluding hydrogens is 297 g/mol. The summed E-state index contributed by atoms with van der Waals surface area (Å²) in [5.74, 6) is 0.00710. The molecule has 0 saturated heterocycles. The van der Waals surface area contributed by atoms with E-state index < -0.39 is 0 Å². The minimum Gasteiger partial charge on any atom is -0.508 e. The smallest absolute Gasteiger partial charge is 0.137 e. The quantitative estimate of drug-likeness (QED) is 0.904. The first-order valence-electron chi connectivity index (χ1n) is 5.58. The standard InChI is InChI=1S/C14H13BrFNO/c15-13-6-3-11(7-14(13)16)9-17-8-10-1-4-12(18)5-2-10/h1-7,17-18H,8-9H2. The van der Waals surface area contributed by atoms with Gasteiger partial charge < -0.3 is 10.4 Å². The number of phenolic OH excluding ortho intramolecular Hbond substituents is 1. The summed E-state index contributed by atoms with van der Waals surface area (Å²) in [4.78, 5) is 0. The summed E-state index contributed by atoms with van der Waals surface area (Å²) in [6, 6.07) is 12.1. The Labute approximate surface area is 114 Å². The molecule has 94 valence electrons. The number of benzene rings is 2. The minimum atomic E-state index is -0.251. The van der Waals surface area contributed by atoms with Crippen LogP contribution in [0, 0.1) is 5.82 Å². The highest BCUT2D eigenvalue weighted by Crippen LogP contribution is 2.16. The van der Waals surface area contributed by atoms with Gasteiger partial charge in [0.25, 0.3) is 0 Å². The molecule has 0 radical (unpaired) electrons. The molecule has 0 spiro atoms. The van der Waals surface area contributed by atoms with Crippen LogP contribution in [0.5, 0.6) is 5.75 Å². The van der Waals surface area contributed by atoms with Gasteiger partial charge in [0.05, 0.1) is 4.47 Å². The maximum Gasteiger partial charge on any atom is 0.137 e. The number of aromatic hydroxyl groups is 1. The predicted molar refractivity (Wildman–Crippen MR) is 72.8 cm³/mol. The molecular formula is C14H13BrFNO. The van der Waals surface area contributed by atoms with Gasteiger partial charge in [-0.05, 0) is 51.3 Å². The molecule has 4 heteroatoms. The molecule has 2 rings (SSSR count). The van der Waals surface area contributed by atoms with E-state index in [2.05, 4.69) is 21.2 Å². The lowest BCUT2D eigenvalue weighted by molar-refractivity contribution is 0.475. The average Bonchev–Trinajstić information content (AvgIpc) is 2.36. The zero-order valence-corrected chi connectivity index (χ0v) is 11.2. The molecule has 0 fully saturated rings. The second kappa shape index (κ2) is 5.98. The fourth-order valence-electron chi connectivity index (χ4n) is 1.61. The molecule has 0 atom stereocenters. The van der Waals surface area contributed by atoms with Crippen molar-refractivity contribution in [2.75, 3.05) is 0 Å². The van der Waals surface area contributed by atoms with Gasteiger partial charge in [0.15, 0.2) is 0 Å². The van der Waals surface area contributed by atoms with Crippen LogP contribution in [-0.2, 0) is 13.1 Å². The number of rotatable bonds is 4. The SMILES string of the molecule is Oc1ccc(CNCc2ccc(Br)c(F)c2)cc1.